The van der Waals surface area contributed by atoms with E-state index in [1.54, 1.807) is 83.5 Å². The molecule has 4 aromatic carbocycles. The largest absolute Gasteiger partial charge is 0.495 e. The van der Waals surface area contributed by atoms with E-state index in [-0.39, 0.29) is 43.2 Å². The number of hydrogen-bond acceptors (Lipinski definition) is 16. The third-order valence-electron chi connectivity index (χ3n) is 9.71. The molecule has 0 bridgehead atoms. The molecular weight excluding hydrogens is 912 g/mol. The Bertz CT molecular complexity index is 2800. The molecule has 6 aromatic rings. The van der Waals surface area contributed by atoms with Crippen molar-refractivity contribution in [1.29, 1.82) is 0 Å². The summed E-state index contributed by atoms with van der Waals surface area (Å²) in [5.41, 5.74) is 10.0. The number of aromatic nitrogens is 4. The highest BCUT2D eigenvalue weighted by atomic mass is 35.5. The van der Waals surface area contributed by atoms with Crippen molar-refractivity contribution < 1.29 is 26.3 Å². The number of anilines is 8. The predicted octanol–water partition coefficient (Wildman–Crippen LogP) is 8.83. The summed E-state index contributed by atoms with van der Waals surface area (Å²) in [4.78, 5) is 19.9. The minimum atomic E-state index is -3.51. The van der Waals surface area contributed by atoms with E-state index in [4.69, 9.17) is 38.4 Å². The van der Waals surface area contributed by atoms with E-state index >= 15 is 0 Å². The highest BCUT2D eigenvalue weighted by molar-refractivity contribution is 7.92. The van der Waals surface area contributed by atoms with Gasteiger partial charge in [-0.2, -0.15) is 9.97 Å². The smallest absolute Gasteiger partial charge is 0.229 e. The monoisotopic (exact) mass is 964 g/mol. The van der Waals surface area contributed by atoms with Gasteiger partial charge < -0.3 is 41.4 Å². The van der Waals surface area contributed by atoms with Crippen molar-refractivity contribution in [3.63, 3.8) is 0 Å². The van der Waals surface area contributed by atoms with Crippen molar-refractivity contribution in [2.24, 2.45) is 5.73 Å². The summed E-state index contributed by atoms with van der Waals surface area (Å²) in [5.74, 6) is 2.37. The maximum Gasteiger partial charge on any atom is 0.229 e. The van der Waals surface area contributed by atoms with Crippen molar-refractivity contribution in [2.75, 3.05) is 68.4 Å². The molecule has 0 radical (unpaired) electrons. The van der Waals surface area contributed by atoms with Gasteiger partial charge >= 0.3 is 0 Å². The van der Waals surface area contributed by atoms with Crippen molar-refractivity contribution in [2.45, 2.75) is 48.7 Å². The molecule has 0 unspecified atom stereocenters. The lowest BCUT2D eigenvalue weighted by molar-refractivity contribution is 0.411. The standard InChI is InChI=1S/C23H28ClN5O3S.C22H26ClN5O3S/c1-5-33(30,31)21-9-7-6-8-18(21)26-22-17(24)15-25-23(28-22)27-19-14-16(12-13-29(2)3)10-11-20(19)32-4;1-14(2)32(29,30)20-7-5-4-6-17(20)26-21-16(23)13-25-22(28-21)27-18-12-15(10-11-24)8-9-19(18)31-3/h6-11,14-15H,5,12-13H2,1-4H3,(H2,25,26,27,28);4-9,12-14H,10-11,24H2,1-3H3,(H2,25,26,27,28). The summed E-state index contributed by atoms with van der Waals surface area (Å²) in [6.45, 7) is 6.31. The first-order valence-electron chi connectivity index (χ1n) is 20.5. The van der Waals surface area contributed by atoms with E-state index in [0.717, 1.165) is 29.8 Å². The molecule has 6 N–H and O–H groups in total. The number of benzene rings is 4. The van der Waals surface area contributed by atoms with E-state index < -0.39 is 24.9 Å². The van der Waals surface area contributed by atoms with E-state index in [1.807, 2.05) is 50.5 Å². The van der Waals surface area contributed by atoms with Crippen LogP contribution in [0.5, 0.6) is 11.5 Å². The maximum atomic E-state index is 12.8. The van der Waals surface area contributed by atoms with Crippen molar-refractivity contribution in [3.8, 4) is 11.5 Å². The Balaban J connectivity index is 0.000000244. The molecule has 16 nitrogen and oxygen atoms in total. The number of para-hydroxylation sites is 2. The van der Waals surface area contributed by atoms with Gasteiger partial charge in [-0.1, -0.05) is 66.5 Å². The zero-order valence-electron chi connectivity index (χ0n) is 37.2. The van der Waals surface area contributed by atoms with E-state index in [1.165, 1.54) is 12.4 Å². The molecule has 20 heteroatoms. The average Bonchev–Trinajstić information content (AvgIpc) is 3.28. The zero-order chi connectivity index (χ0) is 47.3. The van der Waals surface area contributed by atoms with Crippen LogP contribution in [0, 0.1) is 0 Å². The molecular formula is C45H54Cl2N10O6S2. The normalized spacial score (nSPS) is 11.4. The fraction of sp³-hybridized carbons (Fsp3) is 0.289. The van der Waals surface area contributed by atoms with Crippen LogP contribution >= 0.6 is 23.2 Å². The predicted molar refractivity (Wildman–Crippen MR) is 261 cm³/mol. The van der Waals surface area contributed by atoms with E-state index in [9.17, 15) is 16.8 Å². The number of rotatable bonds is 19. The Hall–Kier alpha value is -5.76. The van der Waals surface area contributed by atoms with Crippen LogP contribution in [0.25, 0.3) is 0 Å². The molecule has 6 rings (SSSR count). The topological polar surface area (TPSA) is 216 Å². The zero-order valence-corrected chi connectivity index (χ0v) is 40.3. The van der Waals surface area contributed by atoms with Gasteiger partial charge in [-0.3, -0.25) is 0 Å². The lowest BCUT2D eigenvalue weighted by atomic mass is 10.1. The summed E-state index contributed by atoms with van der Waals surface area (Å²) >= 11 is 12.6. The summed E-state index contributed by atoms with van der Waals surface area (Å²) in [6, 6.07) is 24.9. The number of nitrogens with zero attached hydrogens (tertiary/aromatic N) is 5. The molecule has 2 aromatic heterocycles. The Morgan fingerprint density at radius 2 is 1.12 bits per heavy atom. The molecule has 0 amide bonds. The van der Waals surface area contributed by atoms with Gasteiger partial charge in [0.05, 0.1) is 70.2 Å². The van der Waals surface area contributed by atoms with Crippen molar-refractivity contribution in [1.82, 2.24) is 24.8 Å². The first kappa shape index (κ1) is 50.2. The number of methoxy groups -OCH3 is 2. The van der Waals surface area contributed by atoms with Gasteiger partial charge in [0, 0.05) is 6.54 Å². The molecule has 0 spiro atoms. The third-order valence-corrected chi connectivity index (χ3v) is 14.3. The van der Waals surface area contributed by atoms with Crippen LogP contribution in [-0.4, -0.2) is 94.1 Å². The molecule has 65 heavy (non-hydrogen) atoms. The number of sulfone groups is 2. The van der Waals surface area contributed by atoms with Gasteiger partial charge in [-0.25, -0.2) is 26.8 Å². The Morgan fingerprint density at radius 1 is 0.662 bits per heavy atom. The van der Waals surface area contributed by atoms with E-state index in [2.05, 4.69) is 46.1 Å². The summed E-state index contributed by atoms with van der Waals surface area (Å²) in [6.07, 6.45) is 4.49. The molecule has 0 aliphatic carbocycles. The van der Waals surface area contributed by atoms with Crippen LogP contribution in [-0.2, 0) is 32.5 Å². The highest BCUT2D eigenvalue weighted by Gasteiger charge is 2.23. The maximum absolute atomic E-state index is 12.8. The molecule has 2 heterocycles. The number of nitrogens with one attached hydrogen (secondary N) is 4. The number of hydrogen-bond donors (Lipinski definition) is 5. The SMILES string of the molecule is CCS(=O)(=O)c1ccccc1Nc1nc(Nc2cc(CCN(C)C)ccc2OC)ncc1Cl.COc1ccc(CCN)cc1Nc1ncc(Cl)c(Nc2ccccc2S(=O)(=O)C(C)C)n1. The highest BCUT2D eigenvalue weighted by Crippen LogP contribution is 2.34. The molecule has 0 saturated heterocycles. The van der Waals surface area contributed by atoms with E-state index in [0.29, 0.717) is 47.5 Å². The van der Waals surface area contributed by atoms with Gasteiger partial charge in [0.1, 0.15) is 21.5 Å². The fourth-order valence-electron chi connectivity index (χ4n) is 6.13. The van der Waals surface area contributed by atoms with Crippen LogP contribution in [0.4, 0.5) is 46.3 Å². The second-order valence-corrected chi connectivity index (χ2v) is 20.5. The van der Waals surface area contributed by atoms with Gasteiger partial charge in [0.15, 0.2) is 31.3 Å². The lowest BCUT2D eigenvalue weighted by Crippen LogP contribution is -2.15. The van der Waals surface area contributed by atoms with Gasteiger partial charge in [0.25, 0.3) is 0 Å². The van der Waals surface area contributed by atoms with Crippen LogP contribution in [0.2, 0.25) is 10.0 Å². The third kappa shape index (κ3) is 13.4. The Kier molecular flexibility index (Phi) is 17.7. The minimum Gasteiger partial charge on any atom is -0.495 e. The van der Waals surface area contributed by atoms with Crippen molar-refractivity contribution in [3.05, 3.63) is 118 Å². The van der Waals surface area contributed by atoms with Gasteiger partial charge in [-0.05, 0) is 107 Å². The van der Waals surface area contributed by atoms with Crippen LogP contribution < -0.4 is 36.5 Å². The number of nitrogens with two attached hydrogens (primary N) is 1. The van der Waals surface area contributed by atoms with Gasteiger partial charge in [0.2, 0.25) is 11.9 Å². The quantitative estimate of drug-likeness (QED) is 0.0512. The first-order valence-corrected chi connectivity index (χ1v) is 24.4. The van der Waals surface area contributed by atoms with Crippen LogP contribution in [0.1, 0.15) is 31.9 Å². The molecule has 0 aliphatic rings. The average molecular weight is 966 g/mol. The second kappa shape index (κ2) is 22.9. The van der Waals surface area contributed by atoms with Gasteiger partial charge in [-0.15, -0.1) is 0 Å². The molecule has 346 valence electrons. The molecule has 0 aliphatic heterocycles. The molecule has 0 fully saturated rings. The van der Waals surface area contributed by atoms with Crippen molar-refractivity contribution >= 4 is 89.2 Å². The number of halogens is 2. The molecule has 0 saturated carbocycles. The fourth-order valence-corrected chi connectivity index (χ4v) is 8.66. The Labute approximate surface area is 391 Å². The number of ether oxygens (including phenoxy) is 2. The molecule has 0 atom stereocenters. The lowest BCUT2D eigenvalue weighted by Gasteiger charge is -2.16. The minimum absolute atomic E-state index is 0.0139. The summed E-state index contributed by atoms with van der Waals surface area (Å²) in [7, 11) is 0.293. The van der Waals surface area contributed by atoms with Crippen LogP contribution in [0.3, 0.4) is 0 Å². The second-order valence-electron chi connectivity index (χ2n) is 14.9. The summed E-state index contributed by atoms with van der Waals surface area (Å²) in [5, 5.41) is 12.3. The van der Waals surface area contributed by atoms with Crippen LogP contribution in [0.15, 0.2) is 107 Å². The Morgan fingerprint density at radius 3 is 1.57 bits per heavy atom. The number of likely N-dealkylation sites (N-methyl/N-ethyl adjacent to an activating group) is 1. The first-order chi connectivity index (χ1) is 31.0. The summed E-state index contributed by atoms with van der Waals surface area (Å²) < 4.78 is 61.3.